The van der Waals surface area contributed by atoms with Crippen LogP contribution in [0.4, 0.5) is 5.13 Å². The van der Waals surface area contributed by atoms with Gasteiger partial charge in [0.2, 0.25) is 5.13 Å². The van der Waals surface area contributed by atoms with E-state index in [2.05, 4.69) is 10.2 Å². The first-order valence-corrected chi connectivity index (χ1v) is 6.04. The number of aromatic hydroxyl groups is 1. The van der Waals surface area contributed by atoms with Crippen LogP contribution in [-0.2, 0) is 5.75 Å². The Morgan fingerprint density at radius 3 is 2.93 bits per heavy atom. The molecule has 0 fully saturated rings. The second kappa shape index (κ2) is 4.50. The van der Waals surface area contributed by atoms with Crippen molar-refractivity contribution in [2.75, 3.05) is 5.73 Å². The molecule has 15 heavy (non-hydrogen) atoms. The van der Waals surface area contributed by atoms with Crippen LogP contribution in [0.2, 0.25) is 0 Å². The maximum absolute atomic E-state index is 9.26. The minimum atomic E-state index is 0.275. The van der Waals surface area contributed by atoms with Crippen LogP contribution in [0.1, 0.15) is 5.01 Å². The molecule has 78 valence electrons. The molecule has 0 radical (unpaired) electrons. The molecule has 0 aliphatic carbocycles. The molecule has 1 aromatic carbocycles. The predicted octanol–water partition coefficient (Wildman–Crippen LogP) is 2.12. The van der Waals surface area contributed by atoms with Gasteiger partial charge >= 0.3 is 0 Å². The number of nitrogen functional groups attached to an aromatic ring is 1. The molecular weight excluding hydrogens is 230 g/mol. The van der Waals surface area contributed by atoms with Crippen molar-refractivity contribution in [3.63, 3.8) is 0 Å². The highest BCUT2D eigenvalue weighted by molar-refractivity contribution is 7.98. The van der Waals surface area contributed by atoms with Crippen molar-refractivity contribution in [3.8, 4) is 5.75 Å². The van der Waals surface area contributed by atoms with E-state index in [4.69, 9.17) is 5.73 Å². The highest BCUT2D eigenvalue weighted by Crippen LogP contribution is 2.26. The quantitative estimate of drug-likeness (QED) is 0.803. The number of hydrogen-bond donors (Lipinski definition) is 2. The fourth-order valence-corrected chi connectivity index (χ4v) is 2.59. The van der Waals surface area contributed by atoms with Gasteiger partial charge in [-0.05, 0) is 18.2 Å². The lowest BCUT2D eigenvalue weighted by Crippen LogP contribution is -1.81. The summed E-state index contributed by atoms with van der Waals surface area (Å²) in [5.74, 6) is 0.995. The van der Waals surface area contributed by atoms with Gasteiger partial charge in [0.25, 0.3) is 0 Å². The van der Waals surface area contributed by atoms with Crippen molar-refractivity contribution < 1.29 is 5.11 Å². The Bertz CT molecular complexity index is 458. The normalized spacial score (nSPS) is 10.4. The van der Waals surface area contributed by atoms with E-state index >= 15 is 0 Å². The van der Waals surface area contributed by atoms with E-state index in [1.807, 2.05) is 12.1 Å². The van der Waals surface area contributed by atoms with Crippen LogP contribution < -0.4 is 5.73 Å². The number of thioether (sulfide) groups is 1. The molecule has 0 unspecified atom stereocenters. The van der Waals surface area contributed by atoms with Gasteiger partial charge in [0.15, 0.2) is 0 Å². The average molecular weight is 239 g/mol. The summed E-state index contributed by atoms with van der Waals surface area (Å²) in [5.41, 5.74) is 5.47. The molecule has 2 aromatic rings. The Morgan fingerprint density at radius 1 is 1.40 bits per heavy atom. The van der Waals surface area contributed by atoms with Gasteiger partial charge in [-0.1, -0.05) is 17.4 Å². The second-order valence-electron chi connectivity index (χ2n) is 2.82. The van der Waals surface area contributed by atoms with E-state index in [0.717, 1.165) is 15.7 Å². The molecule has 0 atom stereocenters. The van der Waals surface area contributed by atoms with Gasteiger partial charge in [0, 0.05) is 4.90 Å². The number of nitrogens with zero attached hydrogens (tertiary/aromatic N) is 2. The molecular formula is C9H9N3OS2. The highest BCUT2D eigenvalue weighted by Gasteiger charge is 2.02. The van der Waals surface area contributed by atoms with Gasteiger partial charge in [-0.2, -0.15) is 0 Å². The molecule has 0 amide bonds. The summed E-state index contributed by atoms with van der Waals surface area (Å²) in [5, 5.41) is 18.3. The molecule has 0 bridgehead atoms. The number of benzene rings is 1. The van der Waals surface area contributed by atoms with E-state index in [1.165, 1.54) is 11.3 Å². The summed E-state index contributed by atoms with van der Waals surface area (Å²) < 4.78 is 0. The Hall–Kier alpha value is -1.27. The van der Waals surface area contributed by atoms with Crippen molar-refractivity contribution in [2.24, 2.45) is 0 Å². The van der Waals surface area contributed by atoms with E-state index in [0.29, 0.717) is 5.13 Å². The molecule has 0 spiro atoms. The molecule has 1 aromatic heterocycles. The number of phenolic OH excluding ortho intramolecular Hbond substituents is 1. The number of aromatic nitrogens is 2. The molecule has 0 saturated heterocycles. The third-order valence-electron chi connectivity index (χ3n) is 1.66. The second-order valence-corrected chi connectivity index (χ2v) is 4.96. The number of anilines is 1. The van der Waals surface area contributed by atoms with Crippen LogP contribution in [0, 0.1) is 0 Å². The monoisotopic (exact) mass is 239 g/mol. The molecule has 0 saturated carbocycles. The lowest BCUT2D eigenvalue weighted by molar-refractivity contribution is 0.474. The zero-order valence-corrected chi connectivity index (χ0v) is 9.38. The van der Waals surface area contributed by atoms with Crippen LogP contribution in [0.5, 0.6) is 5.75 Å². The molecule has 0 aliphatic heterocycles. The van der Waals surface area contributed by atoms with Crippen molar-refractivity contribution in [1.82, 2.24) is 10.2 Å². The fraction of sp³-hybridized carbons (Fsp3) is 0.111. The third kappa shape index (κ3) is 2.84. The number of hydrogen-bond acceptors (Lipinski definition) is 6. The minimum absolute atomic E-state index is 0.275. The average Bonchev–Trinajstić information content (AvgIpc) is 2.62. The van der Waals surface area contributed by atoms with E-state index in [-0.39, 0.29) is 5.75 Å². The van der Waals surface area contributed by atoms with E-state index in [1.54, 1.807) is 23.9 Å². The smallest absolute Gasteiger partial charge is 0.203 e. The Kier molecular flexibility index (Phi) is 3.08. The molecule has 0 aliphatic rings. The van der Waals surface area contributed by atoms with Gasteiger partial charge in [-0.25, -0.2) is 0 Å². The summed E-state index contributed by atoms with van der Waals surface area (Å²) >= 11 is 2.98. The maximum atomic E-state index is 9.26. The van der Waals surface area contributed by atoms with Crippen LogP contribution in [0.25, 0.3) is 0 Å². The molecule has 6 heteroatoms. The predicted molar refractivity (Wildman–Crippen MR) is 62.0 cm³/mol. The first-order chi connectivity index (χ1) is 7.24. The SMILES string of the molecule is Nc1nnc(CSc2cccc(O)c2)s1. The maximum Gasteiger partial charge on any atom is 0.203 e. The summed E-state index contributed by atoms with van der Waals surface area (Å²) in [7, 11) is 0. The van der Waals surface area contributed by atoms with Gasteiger partial charge in [-0.3, -0.25) is 0 Å². The first kappa shape index (κ1) is 10.3. The Morgan fingerprint density at radius 2 is 2.27 bits per heavy atom. The zero-order chi connectivity index (χ0) is 10.7. The van der Waals surface area contributed by atoms with Gasteiger partial charge in [-0.15, -0.1) is 22.0 Å². The number of phenols is 1. The topological polar surface area (TPSA) is 72.0 Å². The highest BCUT2D eigenvalue weighted by atomic mass is 32.2. The Labute approximate surface area is 95.2 Å². The summed E-state index contributed by atoms with van der Waals surface area (Å²) in [6.45, 7) is 0. The first-order valence-electron chi connectivity index (χ1n) is 4.24. The molecule has 3 N–H and O–H groups in total. The van der Waals surface area contributed by atoms with Crippen molar-refractivity contribution in [2.45, 2.75) is 10.6 Å². The largest absolute Gasteiger partial charge is 0.508 e. The van der Waals surface area contributed by atoms with Crippen LogP contribution in [-0.4, -0.2) is 15.3 Å². The van der Waals surface area contributed by atoms with E-state index in [9.17, 15) is 5.11 Å². The van der Waals surface area contributed by atoms with Gasteiger partial charge < -0.3 is 10.8 Å². The Balaban J connectivity index is 1.99. The summed E-state index contributed by atoms with van der Waals surface area (Å²) in [6.07, 6.45) is 0. The third-order valence-corrected chi connectivity index (χ3v) is 3.60. The van der Waals surface area contributed by atoms with Crippen molar-refractivity contribution >= 4 is 28.2 Å². The van der Waals surface area contributed by atoms with Crippen molar-refractivity contribution in [1.29, 1.82) is 0 Å². The van der Waals surface area contributed by atoms with E-state index < -0.39 is 0 Å². The fourth-order valence-electron chi connectivity index (χ4n) is 1.04. The van der Waals surface area contributed by atoms with Crippen LogP contribution >= 0.6 is 23.1 Å². The zero-order valence-electron chi connectivity index (χ0n) is 7.75. The molecule has 2 rings (SSSR count). The minimum Gasteiger partial charge on any atom is -0.508 e. The van der Waals surface area contributed by atoms with Crippen molar-refractivity contribution in [3.05, 3.63) is 29.3 Å². The van der Waals surface area contributed by atoms with Crippen LogP contribution in [0.15, 0.2) is 29.2 Å². The number of nitrogens with two attached hydrogens (primary N) is 1. The lowest BCUT2D eigenvalue weighted by atomic mass is 10.3. The number of rotatable bonds is 3. The standard InChI is InChI=1S/C9H9N3OS2/c10-9-12-11-8(15-9)5-14-7-3-1-2-6(13)4-7/h1-4,13H,5H2,(H2,10,12). The van der Waals surface area contributed by atoms with Gasteiger partial charge in [0.1, 0.15) is 10.8 Å². The molecule has 4 nitrogen and oxygen atoms in total. The van der Waals surface area contributed by atoms with Gasteiger partial charge in [0.05, 0.1) is 5.75 Å². The summed E-state index contributed by atoms with van der Waals surface area (Å²) in [6, 6.07) is 7.11. The molecule has 1 heterocycles. The lowest BCUT2D eigenvalue weighted by Gasteiger charge is -1.98. The summed E-state index contributed by atoms with van der Waals surface area (Å²) in [4.78, 5) is 1.00. The van der Waals surface area contributed by atoms with Crippen LogP contribution in [0.3, 0.4) is 0 Å².